The van der Waals surface area contributed by atoms with E-state index in [0.717, 1.165) is 11.3 Å². The summed E-state index contributed by atoms with van der Waals surface area (Å²) in [6, 6.07) is 3.83. The van der Waals surface area contributed by atoms with Gasteiger partial charge < -0.3 is 4.42 Å². The third-order valence-corrected chi connectivity index (χ3v) is 3.70. The summed E-state index contributed by atoms with van der Waals surface area (Å²) >= 11 is 1.52. The summed E-state index contributed by atoms with van der Waals surface area (Å²) in [6.07, 6.45) is 0.874. The Morgan fingerprint density at radius 1 is 1.35 bits per heavy atom. The SMILES string of the molecule is CCCN(CC(=O)NNC(C)=O)Cc1nnc(-c2cccs2)o1. The molecule has 9 heteroatoms. The molecule has 0 bridgehead atoms. The van der Waals surface area contributed by atoms with Crippen LogP contribution in [0.5, 0.6) is 0 Å². The second kappa shape index (κ2) is 8.39. The molecule has 0 aliphatic rings. The highest BCUT2D eigenvalue weighted by Crippen LogP contribution is 2.23. The van der Waals surface area contributed by atoms with Gasteiger partial charge in [-0.05, 0) is 24.4 Å². The van der Waals surface area contributed by atoms with Crippen LogP contribution in [0.3, 0.4) is 0 Å². The summed E-state index contributed by atoms with van der Waals surface area (Å²) in [5.74, 6) is 0.313. The first-order chi connectivity index (χ1) is 11.1. The molecule has 0 unspecified atom stereocenters. The Hall–Kier alpha value is -2.26. The normalized spacial score (nSPS) is 10.7. The molecule has 2 aromatic rings. The van der Waals surface area contributed by atoms with Crippen LogP contribution in [0, 0.1) is 0 Å². The number of hydrazine groups is 1. The number of amides is 2. The maximum Gasteiger partial charge on any atom is 0.257 e. The molecule has 2 rings (SSSR count). The Kier molecular flexibility index (Phi) is 6.24. The fourth-order valence-corrected chi connectivity index (χ4v) is 2.58. The van der Waals surface area contributed by atoms with Crippen LogP contribution in [0.2, 0.25) is 0 Å². The number of carbonyl (C=O) groups excluding carboxylic acids is 2. The van der Waals surface area contributed by atoms with E-state index in [1.807, 2.05) is 29.3 Å². The minimum absolute atomic E-state index is 0.130. The maximum atomic E-state index is 11.8. The number of nitrogens with one attached hydrogen (secondary N) is 2. The monoisotopic (exact) mass is 337 g/mol. The van der Waals surface area contributed by atoms with Gasteiger partial charge in [-0.2, -0.15) is 0 Å². The van der Waals surface area contributed by atoms with Gasteiger partial charge in [0.25, 0.3) is 11.8 Å². The van der Waals surface area contributed by atoms with Crippen LogP contribution in [0.25, 0.3) is 10.8 Å². The number of aromatic nitrogens is 2. The molecular weight excluding hydrogens is 318 g/mol. The van der Waals surface area contributed by atoms with Crippen LogP contribution in [0.4, 0.5) is 0 Å². The number of hydrogen-bond donors (Lipinski definition) is 2. The summed E-state index contributed by atoms with van der Waals surface area (Å²) < 4.78 is 5.63. The van der Waals surface area contributed by atoms with Crippen molar-refractivity contribution in [1.29, 1.82) is 0 Å². The fraction of sp³-hybridized carbons (Fsp3) is 0.429. The Morgan fingerprint density at radius 3 is 2.83 bits per heavy atom. The molecule has 0 saturated heterocycles. The second-order valence-corrected chi connectivity index (χ2v) is 5.87. The molecule has 2 heterocycles. The first-order valence-corrected chi connectivity index (χ1v) is 8.10. The molecule has 2 N–H and O–H groups in total. The van der Waals surface area contributed by atoms with Crippen LogP contribution in [0.15, 0.2) is 21.9 Å². The third kappa shape index (κ3) is 5.46. The van der Waals surface area contributed by atoms with Gasteiger partial charge in [0.05, 0.1) is 18.0 Å². The minimum Gasteiger partial charge on any atom is -0.419 e. The van der Waals surface area contributed by atoms with Crippen LogP contribution >= 0.6 is 11.3 Å². The van der Waals surface area contributed by atoms with E-state index in [9.17, 15) is 9.59 Å². The standard InChI is InChI=1S/C14H19N5O3S/c1-3-6-19(8-12(21)16-15-10(2)20)9-13-17-18-14(22-13)11-5-4-7-23-11/h4-5,7H,3,6,8-9H2,1-2H3,(H,15,20)(H,16,21). The van der Waals surface area contributed by atoms with Gasteiger partial charge in [0, 0.05) is 6.92 Å². The van der Waals surface area contributed by atoms with Crippen molar-refractivity contribution < 1.29 is 14.0 Å². The Bertz CT molecular complexity index is 641. The van der Waals surface area contributed by atoms with Crippen LogP contribution < -0.4 is 10.9 Å². The van der Waals surface area contributed by atoms with Crippen molar-refractivity contribution in [3.8, 4) is 10.8 Å². The lowest BCUT2D eigenvalue weighted by Gasteiger charge is -2.19. The van der Waals surface area contributed by atoms with E-state index in [1.54, 1.807) is 0 Å². The first kappa shape index (κ1) is 17.1. The number of rotatable bonds is 7. The fourth-order valence-electron chi connectivity index (χ4n) is 1.94. The van der Waals surface area contributed by atoms with Gasteiger partial charge in [0.2, 0.25) is 11.8 Å². The van der Waals surface area contributed by atoms with E-state index in [4.69, 9.17) is 4.42 Å². The molecule has 0 atom stereocenters. The van der Waals surface area contributed by atoms with Gasteiger partial charge in [-0.15, -0.1) is 21.5 Å². The van der Waals surface area contributed by atoms with Crippen molar-refractivity contribution in [2.75, 3.05) is 13.1 Å². The lowest BCUT2D eigenvalue weighted by atomic mass is 10.4. The van der Waals surface area contributed by atoms with Crippen molar-refractivity contribution in [2.24, 2.45) is 0 Å². The zero-order valence-electron chi connectivity index (χ0n) is 13.0. The number of hydrogen-bond acceptors (Lipinski definition) is 7. The molecule has 0 saturated carbocycles. The van der Waals surface area contributed by atoms with Gasteiger partial charge in [-0.1, -0.05) is 13.0 Å². The molecule has 0 spiro atoms. The van der Waals surface area contributed by atoms with Crippen LogP contribution in [-0.2, 0) is 16.1 Å². The Labute approximate surface area is 137 Å². The lowest BCUT2D eigenvalue weighted by Crippen LogP contribution is -2.45. The molecular formula is C14H19N5O3S. The van der Waals surface area contributed by atoms with Crippen molar-refractivity contribution in [2.45, 2.75) is 26.8 Å². The average molecular weight is 337 g/mol. The topological polar surface area (TPSA) is 100 Å². The predicted molar refractivity (Wildman–Crippen MR) is 85.1 cm³/mol. The van der Waals surface area contributed by atoms with Gasteiger partial charge in [-0.3, -0.25) is 25.3 Å². The molecule has 0 aliphatic carbocycles. The van der Waals surface area contributed by atoms with Crippen molar-refractivity contribution in [3.05, 3.63) is 23.4 Å². The molecule has 23 heavy (non-hydrogen) atoms. The smallest absolute Gasteiger partial charge is 0.257 e. The molecule has 0 aromatic carbocycles. The maximum absolute atomic E-state index is 11.8. The van der Waals surface area contributed by atoms with E-state index in [1.165, 1.54) is 18.3 Å². The summed E-state index contributed by atoms with van der Waals surface area (Å²) in [4.78, 5) is 25.4. The van der Waals surface area contributed by atoms with Crippen LogP contribution in [-0.4, -0.2) is 40.0 Å². The molecule has 2 amide bonds. The summed E-state index contributed by atoms with van der Waals surface area (Å²) in [6.45, 7) is 4.55. The van der Waals surface area contributed by atoms with Crippen molar-refractivity contribution >= 4 is 23.2 Å². The lowest BCUT2D eigenvalue weighted by molar-refractivity contribution is -0.128. The van der Waals surface area contributed by atoms with Gasteiger partial charge in [0.15, 0.2) is 0 Å². The largest absolute Gasteiger partial charge is 0.419 e. The molecule has 0 radical (unpaired) electrons. The zero-order chi connectivity index (χ0) is 16.7. The van der Waals surface area contributed by atoms with E-state index < -0.39 is 0 Å². The summed E-state index contributed by atoms with van der Waals surface area (Å²) in [7, 11) is 0. The predicted octanol–water partition coefficient (Wildman–Crippen LogP) is 1.18. The average Bonchev–Trinajstić information content (AvgIpc) is 3.16. The van der Waals surface area contributed by atoms with E-state index in [-0.39, 0.29) is 18.4 Å². The molecule has 0 fully saturated rings. The molecule has 2 aromatic heterocycles. The molecule has 8 nitrogen and oxygen atoms in total. The second-order valence-electron chi connectivity index (χ2n) is 4.92. The quantitative estimate of drug-likeness (QED) is 0.736. The van der Waals surface area contributed by atoms with Crippen LogP contribution in [0.1, 0.15) is 26.2 Å². The highest BCUT2D eigenvalue weighted by Gasteiger charge is 2.15. The molecule has 0 aliphatic heterocycles. The number of nitrogens with zero attached hydrogens (tertiary/aromatic N) is 3. The zero-order valence-corrected chi connectivity index (χ0v) is 13.9. The van der Waals surface area contributed by atoms with Crippen molar-refractivity contribution in [3.63, 3.8) is 0 Å². The number of carbonyl (C=O) groups is 2. The minimum atomic E-state index is -0.321. The third-order valence-electron chi connectivity index (χ3n) is 2.84. The van der Waals surface area contributed by atoms with E-state index >= 15 is 0 Å². The highest BCUT2D eigenvalue weighted by atomic mass is 32.1. The van der Waals surface area contributed by atoms with E-state index in [2.05, 4.69) is 21.0 Å². The summed E-state index contributed by atoms with van der Waals surface area (Å²) in [5, 5.41) is 9.98. The Balaban J connectivity index is 1.93. The Morgan fingerprint density at radius 2 is 2.17 bits per heavy atom. The van der Waals surface area contributed by atoms with Gasteiger partial charge in [0.1, 0.15) is 0 Å². The van der Waals surface area contributed by atoms with Gasteiger partial charge >= 0.3 is 0 Å². The van der Waals surface area contributed by atoms with Gasteiger partial charge in [-0.25, -0.2) is 0 Å². The van der Waals surface area contributed by atoms with Crippen molar-refractivity contribution in [1.82, 2.24) is 25.9 Å². The first-order valence-electron chi connectivity index (χ1n) is 7.22. The summed E-state index contributed by atoms with van der Waals surface area (Å²) in [5.41, 5.74) is 4.60. The number of thiophene rings is 1. The molecule has 124 valence electrons. The van der Waals surface area contributed by atoms with E-state index in [0.29, 0.717) is 24.9 Å². The highest BCUT2D eigenvalue weighted by molar-refractivity contribution is 7.13.